The number of fused-ring (bicyclic) bond motifs is 1. The van der Waals surface area contributed by atoms with Gasteiger partial charge in [0, 0.05) is 24.3 Å². The van der Waals surface area contributed by atoms with Crippen LogP contribution in [0.5, 0.6) is 5.75 Å². The molecule has 1 saturated carbocycles. The number of ether oxygens (including phenoxy) is 1. The van der Waals surface area contributed by atoms with Crippen LogP contribution in [-0.4, -0.2) is 26.8 Å². The lowest BCUT2D eigenvalue weighted by Gasteiger charge is -2.13. The van der Waals surface area contributed by atoms with Crippen LogP contribution in [-0.2, 0) is 7.05 Å². The highest BCUT2D eigenvalue weighted by Crippen LogP contribution is 2.25. The molecule has 6 nitrogen and oxygen atoms in total. The zero-order valence-corrected chi connectivity index (χ0v) is 15.0. The fourth-order valence-electron chi connectivity index (χ4n) is 3.45. The van der Waals surface area contributed by atoms with Crippen molar-refractivity contribution in [3.05, 3.63) is 47.8 Å². The summed E-state index contributed by atoms with van der Waals surface area (Å²) in [6.07, 6.45) is 6.65. The minimum atomic E-state index is -0.188. The molecule has 0 spiro atoms. The summed E-state index contributed by atoms with van der Waals surface area (Å²) < 4.78 is 7.67. The van der Waals surface area contributed by atoms with E-state index in [-0.39, 0.29) is 5.91 Å². The van der Waals surface area contributed by atoms with Crippen molar-refractivity contribution in [1.82, 2.24) is 14.8 Å². The van der Waals surface area contributed by atoms with E-state index in [9.17, 15) is 4.79 Å². The number of benzene rings is 1. The van der Waals surface area contributed by atoms with Crippen LogP contribution in [0.2, 0.25) is 0 Å². The van der Waals surface area contributed by atoms with Gasteiger partial charge in [-0.15, -0.1) is 0 Å². The molecular formula is C20H22N4O2. The van der Waals surface area contributed by atoms with Gasteiger partial charge in [0.2, 0.25) is 0 Å². The largest absolute Gasteiger partial charge is 0.490 e. The number of carbonyl (C=O) groups is 1. The molecule has 0 unspecified atom stereocenters. The minimum Gasteiger partial charge on any atom is -0.490 e. The summed E-state index contributed by atoms with van der Waals surface area (Å²) >= 11 is 0. The molecule has 0 atom stereocenters. The number of nitrogens with one attached hydrogen (secondary N) is 1. The molecule has 0 aliphatic heterocycles. The Morgan fingerprint density at radius 1 is 1.23 bits per heavy atom. The molecule has 0 bridgehead atoms. The smallest absolute Gasteiger partial charge is 0.257 e. The molecule has 0 radical (unpaired) electrons. The molecule has 2 aromatic heterocycles. The average Bonchev–Trinajstić information content (AvgIpc) is 3.25. The van der Waals surface area contributed by atoms with E-state index in [1.165, 1.54) is 12.8 Å². The van der Waals surface area contributed by atoms with Crippen molar-refractivity contribution in [2.75, 3.05) is 5.32 Å². The van der Waals surface area contributed by atoms with Gasteiger partial charge in [-0.1, -0.05) is 0 Å². The predicted octanol–water partition coefficient (Wildman–Crippen LogP) is 3.85. The Morgan fingerprint density at radius 2 is 1.96 bits per heavy atom. The third-order valence-electron chi connectivity index (χ3n) is 4.84. The van der Waals surface area contributed by atoms with Crippen LogP contribution >= 0.6 is 0 Å². The molecule has 134 valence electrons. The highest BCUT2D eigenvalue weighted by Gasteiger charge is 2.16. The van der Waals surface area contributed by atoms with E-state index in [1.807, 2.05) is 44.3 Å². The molecule has 1 fully saturated rings. The summed E-state index contributed by atoms with van der Waals surface area (Å²) in [5.41, 5.74) is 2.88. The van der Waals surface area contributed by atoms with Crippen LogP contribution < -0.4 is 10.1 Å². The first-order valence-corrected chi connectivity index (χ1v) is 8.97. The van der Waals surface area contributed by atoms with Gasteiger partial charge < -0.3 is 10.1 Å². The average molecular weight is 350 g/mol. The maximum atomic E-state index is 12.5. The van der Waals surface area contributed by atoms with Crippen molar-refractivity contribution < 1.29 is 9.53 Å². The van der Waals surface area contributed by atoms with Gasteiger partial charge in [-0.3, -0.25) is 9.48 Å². The maximum Gasteiger partial charge on any atom is 0.257 e. The van der Waals surface area contributed by atoms with Crippen molar-refractivity contribution in [2.24, 2.45) is 7.05 Å². The zero-order valence-electron chi connectivity index (χ0n) is 15.0. The van der Waals surface area contributed by atoms with E-state index in [0.717, 1.165) is 41.0 Å². The standard InChI is InChI=1S/C20H22N4O2/c1-13-18-11-14(12-21-19(18)24(2)23-13)20(25)22-15-7-9-17(10-8-15)26-16-5-3-4-6-16/h7-12,16H,3-6H2,1-2H3,(H,22,25). The summed E-state index contributed by atoms with van der Waals surface area (Å²) in [5.74, 6) is 0.663. The lowest BCUT2D eigenvalue weighted by atomic mass is 10.2. The second kappa shape index (κ2) is 6.78. The van der Waals surface area contributed by atoms with Crippen molar-refractivity contribution >= 4 is 22.6 Å². The quantitative estimate of drug-likeness (QED) is 0.776. The van der Waals surface area contributed by atoms with E-state index in [4.69, 9.17) is 4.74 Å². The van der Waals surface area contributed by atoms with Crippen LogP contribution in [0.4, 0.5) is 5.69 Å². The lowest BCUT2D eigenvalue weighted by Crippen LogP contribution is -2.13. The van der Waals surface area contributed by atoms with Gasteiger partial charge in [0.15, 0.2) is 5.65 Å². The van der Waals surface area contributed by atoms with Gasteiger partial charge in [-0.2, -0.15) is 5.10 Å². The molecule has 2 heterocycles. The van der Waals surface area contributed by atoms with Crippen LogP contribution in [0.25, 0.3) is 11.0 Å². The number of nitrogens with zero attached hydrogens (tertiary/aromatic N) is 3. The van der Waals surface area contributed by atoms with E-state index in [2.05, 4.69) is 15.4 Å². The third kappa shape index (κ3) is 3.27. The van der Waals surface area contributed by atoms with E-state index in [0.29, 0.717) is 11.7 Å². The summed E-state index contributed by atoms with van der Waals surface area (Å²) in [7, 11) is 1.84. The molecule has 0 saturated heterocycles. The monoisotopic (exact) mass is 350 g/mol. The topological polar surface area (TPSA) is 69.0 Å². The Balaban J connectivity index is 1.46. The van der Waals surface area contributed by atoms with Gasteiger partial charge in [0.25, 0.3) is 5.91 Å². The zero-order chi connectivity index (χ0) is 18.1. The molecule has 1 aliphatic rings. The minimum absolute atomic E-state index is 0.188. The van der Waals surface area contributed by atoms with Crippen molar-refractivity contribution in [2.45, 2.75) is 38.7 Å². The summed E-state index contributed by atoms with van der Waals surface area (Å²) in [6, 6.07) is 9.37. The van der Waals surface area contributed by atoms with Crippen LogP contribution in [0.15, 0.2) is 36.5 Å². The number of amides is 1. The SMILES string of the molecule is Cc1nn(C)c2ncc(C(=O)Nc3ccc(OC4CCCC4)cc3)cc12. The normalized spacial score (nSPS) is 14.7. The summed E-state index contributed by atoms with van der Waals surface area (Å²) in [6.45, 7) is 1.91. The Morgan fingerprint density at radius 3 is 2.69 bits per heavy atom. The van der Waals surface area contributed by atoms with E-state index < -0.39 is 0 Å². The molecule has 26 heavy (non-hydrogen) atoms. The number of aryl methyl sites for hydroxylation is 2. The number of pyridine rings is 1. The fourth-order valence-corrected chi connectivity index (χ4v) is 3.45. The van der Waals surface area contributed by atoms with Gasteiger partial charge >= 0.3 is 0 Å². The molecule has 3 aromatic rings. The van der Waals surface area contributed by atoms with Crippen LogP contribution in [0, 0.1) is 6.92 Å². The summed E-state index contributed by atoms with van der Waals surface area (Å²) in [4.78, 5) is 16.9. The van der Waals surface area contributed by atoms with Crippen molar-refractivity contribution in [3.63, 3.8) is 0 Å². The molecule has 1 aliphatic carbocycles. The summed E-state index contributed by atoms with van der Waals surface area (Å²) in [5, 5.41) is 8.13. The predicted molar refractivity (Wildman–Crippen MR) is 101 cm³/mol. The number of anilines is 1. The number of carbonyl (C=O) groups excluding carboxylic acids is 1. The maximum absolute atomic E-state index is 12.5. The van der Waals surface area contributed by atoms with Crippen LogP contribution in [0.3, 0.4) is 0 Å². The number of hydrogen-bond acceptors (Lipinski definition) is 4. The highest BCUT2D eigenvalue weighted by molar-refractivity contribution is 6.05. The highest BCUT2D eigenvalue weighted by atomic mass is 16.5. The number of aromatic nitrogens is 3. The van der Waals surface area contributed by atoms with Crippen molar-refractivity contribution in [3.8, 4) is 5.75 Å². The Kier molecular flexibility index (Phi) is 4.32. The molecular weight excluding hydrogens is 328 g/mol. The first-order valence-electron chi connectivity index (χ1n) is 8.97. The number of rotatable bonds is 4. The Hall–Kier alpha value is -2.89. The molecule has 1 amide bonds. The van der Waals surface area contributed by atoms with E-state index in [1.54, 1.807) is 10.9 Å². The molecule has 6 heteroatoms. The molecule has 1 aromatic carbocycles. The van der Waals surface area contributed by atoms with Gasteiger partial charge in [0.05, 0.1) is 17.4 Å². The fraction of sp³-hybridized carbons (Fsp3) is 0.350. The van der Waals surface area contributed by atoms with Gasteiger partial charge in [0.1, 0.15) is 5.75 Å². The first kappa shape index (κ1) is 16.6. The second-order valence-electron chi connectivity index (χ2n) is 6.81. The first-order chi connectivity index (χ1) is 12.6. The number of hydrogen-bond donors (Lipinski definition) is 1. The lowest BCUT2D eigenvalue weighted by molar-refractivity contribution is 0.102. The van der Waals surface area contributed by atoms with Crippen LogP contribution in [0.1, 0.15) is 41.7 Å². The second-order valence-corrected chi connectivity index (χ2v) is 6.81. The van der Waals surface area contributed by atoms with Crippen molar-refractivity contribution in [1.29, 1.82) is 0 Å². The Bertz CT molecular complexity index is 940. The Labute approximate surface area is 152 Å². The van der Waals surface area contributed by atoms with Gasteiger partial charge in [-0.25, -0.2) is 4.98 Å². The van der Waals surface area contributed by atoms with Gasteiger partial charge in [-0.05, 0) is 62.9 Å². The third-order valence-corrected chi connectivity index (χ3v) is 4.84. The molecule has 1 N–H and O–H groups in total. The van der Waals surface area contributed by atoms with E-state index >= 15 is 0 Å². The molecule has 4 rings (SSSR count).